The molecule has 6 nitrogen and oxygen atoms in total. The van der Waals surface area contributed by atoms with E-state index in [9.17, 15) is 9.18 Å². The van der Waals surface area contributed by atoms with Gasteiger partial charge in [-0.1, -0.05) is 18.2 Å². The van der Waals surface area contributed by atoms with Gasteiger partial charge in [-0.3, -0.25) is 9.69 Å². The monoisotopic (exact) mass is 465 g/mol. The van der Waals surface area contributed by atoms with Gasteiger partial charge in [0.1, 0.15) is 28.0 Å². The molecule has 0 radical (unpaired) electrons. The average molecular weight is 466 g/mol. The first-order valence-corrected chi connectivity index (χ1v) is 11.7. The van der Waals surface area contributed by atoms with Gasteiger partial charge >= 0.3 is 0 Å². The Morgan fingerprint density at radius 3 is 2.76 bits per heavy atom. The summed E-state index contributed by atoms with van der Waals surface area (Å²) < 4.78 is 24.3. The number of H-pyrrole nitrogens is 1. The first-order valence-electron chi connectivity index (χ1n) is 10.8. The Morgan fingerprint density at radius 1 is 1.18 bits per heavy atom. The second-order valence-electron chi connectivity index (χ2n) is 8.09. The van der Waals surface area contributed by atoms with E-state index in [0.29, 0.717) is 22.6 Å². The van der Waals surface area contributed by atoms with Crippen LogP contribution in [0, 0.1) is 5.82 Å². The maximum absolute atomic E-state index is 13.3. The van der Waals surface area contributed by atoms with E-state index >= 15 is 0 Å². The molecule has 0 saturated carbocycles. The molecule has 170 valence electrons. The molecule has 1 aliphatic rings. The van der Waals surface area contributed by atoms with Gasteiger partial charge in [0.2, 0.25) is 0 Å². The molecule has 33 heavy (non-hydrogen) atoms. The normalized spacial score (nSPS) is 16.4. The highest BCUT2D eigenvalue weighted by Crippen LogP contribution is 2.39. The summed E-state index contributed by atoms with van der Waals surface area (Å²) in [5, 5.41) is 2.45. The standard InChI is InChI=1S/C25H24FN3O3S/c1-31-17-9-10-18(21(12-17)32-2)20-4-3-11-29(20)13-22-27-24(30)23-19(14-33-25(23)28-22)15-5-7-16(26)8-6-15/h5-10,12,14,20H,3-4,11,13H2,1-2H3,(H,27,28,30)/t20-/m1/s1. The average Bonchev–Trinajstić information content (AvgIpc) is 3.46. The van der Waals surface area contributed by atoms with Crippen LogP contribution in [-0.2, 0) is 6.54 Å². The summed E-state index contributed by atoms with van der Waals surface area (Å²) in [6, 6.07) is 12.2. The van der Waals surface area contributed by atoms with Gasteiger partial charge in [0.05, 0.1) is 26.2 Å². The number of methoxy groups -OCH3 is 2. The van der Waals surface area contributed by atoms with Crippen molar-refractivity contribution in [3.8, 4) is 22.6 Å². The van der Waals surface area contributed by atoms with E-state index in [0.717, 1.165) is 47.6 Å². The maximum atomic E-state index is 13.3. The van der Waals surface area contributed by atoms with Crippen molar-refractivity contribution in [2.75, 3.05) is 20.8 Å². The van der Waals surface area contributed by atoms with Crippen LogP contribution in [0.2, 0.25) is 0 Å². The van der Waals surface area contributed by atoms with E-state index in [4.69, 9.17) is 14.5 Å². The van der Waals surface area contributed by atoms with Crippen LogP contribution in [0.3, 0.4) is 0 Å². The van der Waals surface area contributed by atoms with Crippen molar-refractivity contribution in [3.63, 3.8) is 0 Å². The number of fused-ring (bicyclic) bond motifs is 1. The van der Waals surface area contributed by atoms with Crippen molar-refractivity contribution in [2.45, 2.75) is 25.4 Å². The number of halogens is 1. The van der Waals surface area contributed by atoms with Crippen LogP contribution in [-0.4, -0.2) is 35.6 Å². The summed E-state index contributed by atoms with van der Waals surface area (Å²) in [6.07, 6.45) is 2.06. The summed E-state index contributed by atoms with van der Waals surface area (Å²) >= 11 is 1.43. The minimum Gasteiger partial charge on any atom is -0.497 e. The Bertz CT molecular complexity index is 1350. The van der Waals surface area contributed by atoms with Crippen LogP contribution in [0.15, 0.2) is 52.6 Å². The van der Waals surface area contributed by atoms with Gasteiger partial charge < -0.3 is 14.5 Å². The van der Waals surface area contributed by atoms with Crippen molar-refractivity contribution in [1.29, 1.82) is 0 Å². The topological polar surface area (TPSA) is 67.5 Å². The molecule has 2 aromatic carbocycles. The van der Waals surface area contributed by atoms with E-state index in [1.807, 2.05) is 23.6 Å². The summed E-state index contributed by atoms with van der Waals surface area (Å²) in [4.78, 5) is 23.7. The van der Waals surface area contributed by atoms with Crippen molar-refractivity contribution < 1.29 is 13.9 Å². The molecule has 0 amide bonds. The zero-order valence-electron chi connectivity index (χ0n) is 18.4. The van der Waals surface area contributed by atoms with Gasteiger partial charge in [0.15, 0.2) is 0 Å². The third-order valence-electron chi connectivity index (χ3n) is 6.16. The Morgan fingerprint density at radius 2 is 2.00 bits per heavy atom. The minimum absolute atomic E-state index is 0.171. The zero-order chi connectivity index (χ0) is 22.9. The highest BCUT2D eigenvalue weighted by Gasteiger charge is 2.29. The number of hydrogen-bond acceptors (Lipinski definition) is 6. The number of benzene rings is 2. The molecule has 5 rings (SSSR count). The van der Waals surface area contributed by atoms with Crippen LogP contribution in [0.1, 0.15) is 30.3 Å². The van der Waals surface area contributed by atoms with E-state index in [2.05, 4.69) is 9.88 Å². The maximum Gasteiger partial charge on any atom is 0.260 e. The van der Waals surface area contributed by atoms with Crippen molar-refractivity contribution in [2.24, 2.45) is 0 Å². The molecule has 8 heteroatoms. The molecule has 1 N–H and O–H groups in total. The fourth-order valence-corrected chi connectivity index (χ4v) is 5.53. The summed E-state index contributed by atoms with van der Waals surface area (Å²) in [5.74, 6) is 1.89. The zero-order valence-corrected chi connectivity index (χ0v) is 19.2. The van der Waals surface area contributed by atoms with Crippen LogP contribution in [0.4, 0.5) is 4.39 Å². The first kappa shape index (κ1) is 21.6. The Balaban J connectivity index is 1.44. The summed E-state index contributed by atoms with van der Waals surface area (Å²) in [6.45, 7) is 1.45. The highest BCUT2D eigenvalue weighted by atomic mass is 32.1. The predicted octanol–water partition coefficient (Wildman–Crippen LogP) is 5.15. The molecule has 3 heterocycles. The molecule has 4 aromatic rings. The number of nitrogens with one attached hydrogen (secondary N) is 1. The SMILES string of the molecule is COc1ccc([C@H]2CCCN2Cc2nc3scc(-c4ccc(F)cc4)c3c(=O)[nH]2)c(OC)c1. The third-order valence-corrected chi connectivity index (χ3v) is 7.04. The second kappa shape index (κ2) is 8.96. The van der Waals surface area contributed by atoms with Gasteiger partial charge in [-0.05, 0) is 43.1 Å². The molecule has 1 fully saturated rings. The van der Waals surface area contributed by atoms with Gasteiger partial charge in [-0.2, -0.15) is 0 Å². The predicted molar refractivity (Wildman–Crippen MR) is 128 cm³/mol. The number of ether oxygens (including phenoxy) is 2. The highest BCUT2D eigenvalue weighted by molar-refractivity contribution is 7.17. The molecule has 0 spiro atoms. The number of likely N-dealkylation sites (tertiary alicyclic amines) is 1. The molecule has 0 aliphatic carbocycles. The van der Waals surface area contributed by atoms with Crippen LogP contribution >= 0.6 is 11.3 Å². The second-order valence-corrected chi connectivity index (χ2v) is 8.94. The quantitative estimate of drug-likeness (QED) is 0.427. The molecular formula is C25H24FN3O3S. The minimum atomic E-state index is -0.304. The van der Waals surface area contributed by atoms with E-state index in [1.54, 1.807) is 26.4 Å². The Labute approximate surface area is 194 Å². The van der Waals surface area contributed by atoms with Gasteiger partial charge in [0, 0.05) is 28.6 Å². The van der Waals surface area contributed by atoms with Crippen molar-refractivity contribution in [1.82, 2.24) is 14.9 Å². The van der Waals surface area contributed by atoms with Gasteiger partial charge in [-0.15, -0.1) is 11.3 Å². The molecule has 1 aliphatic heterocycles. The lowest BCUT2D eigenvalue weighted by atomic mass is 10.0. The molecule has 2 aromatic heterocycles. The lowest BCUT2D eigenvalue weighted by Crippen LogP contribution is -2.26. The molecule has 0 bridgehead atoms. The molecule has 1 atom stereocenters. The summed E-state index contributed by atoms with van der Waals surface area (Å²) in [5.41, 5.74) is 2.51. The largest absolute Gasteiger partial charge is 0.497 e. The number of rotatable bonds is 6. The number of aromatic nitrogens is 2. The number of thiophene rings is 1. The third kappa shape index (κ3) is 4.12. The van der Waals surface area contributed by atoms with E-state index < -0.39 is 0 Å². The molecule has 1 saturated heterocycles. The van der Waals surface area contributed by atoms with Gasteiger partial charge in [0.25, 0.3) is 5.56 Å². The van der Waals surface area contributed by atoms with Crippen LogP contribution in [0.25, 0.3) is 21.3 Å². The molecule has 0 unspecified atom stereocenters. The fourth-order valence-electron chi connectivity index (χ4n) is 4.56. The number of nitrogens with zero attached hydrogens (tertiary/aromatic N) is 2. The Kier molecular flexibility index (Phi) is 5.86. The molecular weight excluding hydrogens is 441 g/mol. The Hall–Kier alpha value is -3.23. The lowest BCUT2D eigenvalue weighted by Gasteiger charge is -2.26. The van der Waals surface area contributed by atoms with E-state index in [1.165, 1.54) is 23.5 Å². The smallest absolute Gasteiger partial charge is 0.260 e. The van der Waals surface area contributed by atoms with Crippen molar-refractivity contribution >= 4 is 21.6 Å². The number of hydrogen-bond donors (Lipinski definition) is 1. The van der Waals surface area contributed by atoms with Gasteiger partial charge in [-0.25, -0.2) is 9.37 Å². The fraction of sp³-hybridized carbons (Fsp3) is 0.280. The van der Waals surface area contributed by atoms with Crippen LogP contribution in [0.5, 0.6) is 11.5 Å². The first-order chi connectivity index (χ1) is 16.1. The van der Waals surface area contributed by atoms with Crippen molar-refractivity contribution in [3.05, 3.63) is 75.4 Å². The van der Waals surface area contributed by atoms with Crippen LogP contribution < -0.4 is 15.0 Å². The number of aromatic amines is 1. The summed E-state index contributed by atoms with van der Waals surface area (Å²) in [7, 11) is 3.31. The van der Waals surface area contributed by atoms with E-state index in [-0.39, 0.29) is 17.4 Å². The lowest BCUT2D eigenvalue weighted by molar-refractivity contribution is 0.237.